The molecule has 1 rings (SSSR count). The third kappa shape index (κ3) is 3.82. The number of nitrogens with one attached hydrogen (secondary N) is 1. The Balaban J connectivity index is 2.63. The molecule has 0 fully saturated rings. The fourth-order valence-corrected chi connectivity index (χ4v) is 1.52. The maximum atomic E-state index is 8.43. The molecule has 0 aliphatic rings. The minimum absolute atomic E-state index is 0.0917. The molecule has 3 nitrogen and oxygen atoms in total. The van der Waals surface area contributed by atoms with Crippen LogP contribution in [0.15, 0.2) is 24.3 Å². The standard InChI is InChI=1S/C13H18N2O/c1-3-11(4-2)15-12-6-5-7-13(10-12)16-9-8-14/h5-7,10-11,15H,3-4,9H2,1-2H3. The predicted molar refractivity (Wildman–Crippen MR) is 65.5 cm³/mol. The second kappa shape index (κ2) is 6.73. The molecule has 0 saturated carbocycles. The van der Waals surface area contributed by atoms with Crippen molar-refractivity contribution in [3.05, 3.63) is 24.3 Å². The van der Waals surface area contributed by atoms with E-state index in [2.05, 4.69) is 19.2 Å². The number of anilines is 1. The first-order chi connectivity index (χ1) is 7.80. The van der Waals surface area contributed by atoms with Crippen LogP contribution < -0.4 is 10.1 Å². The van der Waals surface area contributed by atoms with Crippen molar-refractivity contribution in [2.75, 3.05) is 11.9 Å². The lowest BCUT2D eigenvalue weighted by Gasteiger charge is -2.16. The van der Waals surface area contributed by atoms with Crippen molar-refractivity contribution in [3.8, 4) is 11.8 Å². The Bertz CT molecular complexity index is 353. The summed E-state index contributed by atoms with van der Waals surface area (Å²) >= 11 is 0. The highest BCUT2D eigenvalue weighted by molar-refractivity contribution is 5.48. The number of hydrogen-bond acceptors (Lipinski definition) is 3. The van der Waals surface area contributed by atoms with Gasteiger partial charge in [-0.05, 0) is 25.0 Å². The lowest BCUT2D eigenvalue weighted by atomic mass is 10.1. The van der Waals surface area contributed by atoms with Crippen LogP contribution in [0.2, 0.25) is 0 Å². The molecule has 0 heterocycles. The van der Waals surface area contributed by atoms with Crippen molar-refractivity contribution < 1.29 is 4.74 Å². The van der Waals surface area contributed by atoms with Crippen molar-refractivity contribution in [1.82, 2.24) is 0 Å². The van der Waals surface area contributed by atoms with E-state index in [0.29, 0.717) is 6.04 Å². The van der Waals surface area contributed by atoms with E-state index in [9.17, 15) is 0 Å². The van der Waals surface area contributed by atoms with E-state index in [-0.39, 0.29) is 6.61 Å². The largest absolute Gasteiger partial charge is 0.479 e. The monoisotopic (exact) mass is 218 g/mol. The molecular weight excluding hydrogens is 200 g/mol. The van der Waals surface area contributed by atoms with Crippen molar-refractivity contribution in [1.29, 1.82) is 5.26 Å². The average molecular weight is 218 g/mol. The molecule has 86 valence electrons. The van der Waals surface area contributed by atoms with Crippen molar-refractivity contribution in [2.45, 2.75) is 32.7 Å². The number of ether oxygens (including phenoxy) is 1. The molecule has 1 aromatic rings. The molecule has 0 aromatic heterocycles. The summed E-state index contributed by atoms with van der Waals surface area (Å²) in [7, 11) is 0. The summed E-state index contributed by atoms with van der Waals surface area (Å²) in [6.45, 7) is 4.42. The third-order valence-corrected chi connectivity index (χ3v) is 2.49. The Morgan fingerprint density at radius 3 is 2.75 bits per heavy atom. The molecule has 1 aromatic carbocycles. The fourth-order valence-electron chi connectivity index (χ4n) is 1.52. The number of rotatable bonds is 6. The first kappa shape index (κ1) is 12.4. The van der Waals surface area contributed by atoms with Gasteiger partial charge in [0.05, 0.1) is 0 Å². The fraction of sp³-hybridized carbons (Fsp3) is 0.462. The van der Waals surface area contributed by atoms with Gasteiger partial charge in [0, 0.05) is 17.8 Å². The van der Waals surface area contributed by atoms with Crippen LogP contribution in [-0.4, -0.2) is 12.6 Å². The van der Waals surface area contributed by atoms with Gasteiger partial charge < -0.3 is 10.1 Å². The van der Waals surface area contributed by atoms with Gasteiger partial charge in [-0.25, -0.2) is 0 Å². The highest BCUT2D eigenvalue weighted by atomic mass is 16.5. The van der Waals surface area contributed by atoms with Crippen molar-refractivity contribution in [2.24, 2.45) is 0 Å². The van der Waals surface area contributed by atoms with Gasteiger partial charge in [-0.3, -0.25) is 0 Å². The molecular formula is C13H18N2O. The minimum atomic E-state index is 0.0917. The molecule has 0 aliphatic heterocycles. The zero-order valence-electron chi connectivity index (χ0n) is 9.86. The molecule has 0 atom stereocenters. The van der Waals surface area contributed by atoms with Gasteiger partial charge >= 0.3 is 0 Å². The zero-order chi connectivity index (χ0) is 11.8. The van der Waals surface area contributed by atoms with Crippen LogP contribution in [0.5, 0.6) is 5.75 Å². The first-order valence-corrected chi connectivity index (χ1v) is 5.66. The number of hydrogen-bond donors (Lipinski definition) is 1. The zero-order valence-corrected chi connectivity index (χ0v) is 9.86. The predicted octanol–water partition coefficient (Wildman–Crippen LogP) is 3.19. The van der Waals surface area contributed by atoms with Gasteiger partial charge in [-0.15, -0.1) is 0 Å². The molecule has 0 bridgehead atoms. The Hall–Kier alpha value is -1.69. The molecule has 1 N–H and O–H groups in total. The molecule has 0 unspecified atom stereocenters. The van der Waals surface area contributed by atoms with Gasteiger partial charge in [0.25, 0.3) is 0 Å². The Labute approximate surface area is 97.0 Å². The Kier molecular flexibility index (Phi) is 5.21. The summed E-state index contributed by atoms with van der Waals surface area (Å²) in [4.78, 5) is 0. The van der Waals surface area contributed by atoms with Crippen LogP contribution in [0.3, 0.4) is 0 Å². The highest BCUT2D eigenvalue weighted by Gasteiger charge is 2.03. The lowest BCUT2D eigenvalue weighted by Crippen LogP contribution is -2.16. The molecule has 0 radical (unpaired) electrons. The van der Waals surface area contributed by atoms with E-state index in [1.807, 2.05) is 30.3 Å². The van der Waals surface area contributed by atoms with Gasteiger partial charge in [0.2, 0.25) is 0 Å². The molecule has 3 heteroatoms. The van der Waals surface area contributed by atoms with Crippen molar-refractivity contribution in [3.63, 3.8) is 0 Å². The Morgan fingerprint density at radius 2 is 2.12 bits per heavy atom. The third-order valence-electron chi connectivity index (χ3n) is 2.49. The van der Waals surface area contributed by atoms with E-state index < -0.39 is 0 Å². The second-order valence-electron chi connectivity index (χ2n) is 3.63. The van der Waals surface area contributed by atoms with Gasteiger partial charge in [-0.1, -0.05) is 19.9 Å². The van der Waals surface area contributed by atoms with E-state index in [0.717, 1.165) is 24.3 Å². The molecule has 0 spiro atoms. The van der Waals surface area contributed by atoms with E-state index in [4.69, 9.17) is 10.00 Å². The SMILES string of the molecule is CCC(CC)Nc1cccc(OCC#N)c1. The summed E-state index contributed by atoms with van der Waals surface area (Å²) in [6.07, 6.45) is 2.19. The van der Waals surface area contributed by atoms with Crippen LogP contribution in [-0.2, 0) is 0 Å². The summed E-state index contributed by atoms with van der Waals surface area (Å²) < 4.78 is 5.24. The molecule has 16 heavy (non-hydrogen) atoms. The smallest absolute Gasteiger partial charge is 0.174 e. The van der Waals surface area contributed by atoms with Crippen LogP contribution in [0, 0.1) is 11.3 Å². The summed E-state index contributed by atoms with van der Waals surface area (Å²) in [5, 5.41) is 11.9. The maximum absolute atomic E-state index is 8.43. The minimum Gasteiger partial charge on any atom is -0.479 e. The van der Waals surface area contributed by atoms with Gasteiger partial charge in [-0.2, -0.15) is 5.26 Å². The summed E-state index contributed by atoms with van der Waals surface area (Å²) in [6, 6.07) is 10.2. The van der Waals surface area contributed by atoms with Gasteiger partial charge in [0.15, 0.2) is 6.61 Å². The quantitative estimate of drug-likeness (QED) is 0.797. The first-order valence-electron chi connectivity index (χ1n) is 5.66. The van der Waals surface area contributed by atoms with Gasteiger partial charge in [0.1, 0.15) is 11.8 Å². The molecule has 0 amide bonds. The number of benzene rings is 1. The second-order valence-corrected chi connectivity index (χ2v) is 3.63. The van der Waals surface area contributed by atoms with Crippen LogP contribution in [0.4, 0.5) is 5.69 Å². The van der Waals surface area contributed by atoms with E-state index >= 15 is 0 Å². The topological polar surface area (TPSA) is 45.0 Å². The maximum Gasteiger partial charge on any atom is 0.174 e. The van der Waals surface area contributed by atoms with Crippen molar-refractivity contribution >= 4 is 5.69 Å². The van der Waals surface area contributed by atoms with Crippen LogP contribution in [0.25, 0.3) is 0 Å². The number of nitriles is 1. The molecule has 0 aliphatic carbocycles. The summed E-state index contributed by atoms with van der Waals surface area (Å²) in [5.41, 5.74) is 1.05. The normalized spacial score (nSPS) is 9.88. The van der Waals surface area contributed by atoms with Crippen LogP contribution >= 0.6 is 0 Å². The lowest BCUT2D eigenvalue weighted by molar-refractivity contribution is 0.368. The molecule has 0 saturated heterocycles. The highest BCUT2D eigenvalue weighted by Crippen LogP contribution is 2.19. The van der Waals surface area contributed by atoms with Crippen LogP contribution in [0.1, 0.15) is 26.7 Å². The summed E-state index contributed by atoms with van der Waals surface area (Å²) in [5.74, 6) is 0.734. The van der Waals surface area contributed by atoms with E-state index in [1.165, 1.54) is 0 Å². The van der Waals surface area contributed by atoms with E-state index in [1.54, 1.807) is 0 Å². The number of nitrogens with zero attached hydrogens (tertiary/aromatic N) is 1. The Morgan fingerprint density at radius 1 is 1.38 bits per heavy atom. The average Bonchev–Trinajstić information content (AvgIpc) is 2.34.